The molecule has 92 valence electrons. The molecular weight excluding hydrogens is 237 g/mol. The fourth-order valence-corrected chi connectivity index (χ4v) is 2.08. The summed E-state index contributed by atoms with van der Waals surface area (Å²) >= 11 is 0. The Morgan fingerprint density at radius 1 is 1.06 bits per heavy atom. The standard InChI is InChI=1S/C15H11F3/c1-4-9-12-10(8(2)3)6-5-7-11(12)14(17)15(18)13(9)16/h1,5-8H,2-3H3. The molecule has 2 aromatic carbocycles. The van der Waals surface area contributed by atoms with Gasteiger partial charge in [-0.15, -0.1) is 6.42 Å². The van der Waals surface area contributed by atoms with E-state index in [2.05, 4.69) is 5.92 Å². The maximum atomic E-state index is 13.7. The SMILES string of the molecule is C#Cc1c(F)c(F)c(F)c2cccc(C(C)C)c12. The van der Waals surface area contributed by atoms with Crippen LogP contribution in [0.4, 0.5) is 13.2 Å². The van der Waals surface area contributed by atoms with Crippen LogP contribution in [0.25, 0.3) is 10.8 Å². The summed E-state index contributed by atoms with van der Waals surface area (Å²) in [4.78, 5) is 0. The molecule has 0 aliphatic rings. The van der Waals surface area contributed by atoms with Gasteiger partial charge in [0.25, 0.3) is 0 Å². The molecule has 0 saturated carbocycles. The van der Waals surface area contributed by atoms with Crippen molar-refractivity contribution in [1.82, 2.24) is 0 Å². The molecule has 0 spiro atoms. The molecule has 0 nitrogen and oxygen atoms in total. The molecule has 0 bridgehead atoms. The van der Waals surface area contributed by atoms with Crippen molar-refractivity contribution in [3.63, 3.8) is 0 Å². The van der Waals surface area contributed by atoms with Gasteiger partial charge in [-0.1, -0.05) is 38.0 Å². The average molecular weight is 248 g/mol. The minimum atomic E-state index is -1.52. The molecule has 0 amide bonds. The van der Waals surface area contributed by atoms with Crippen LogP contribution in [0.15, 0.2) is 18.2 Å². The molecule has 0 aliphatic carbocycles. The van der Waals surface area contributed by atoms with Gasteiger partial charge in [0.15, 0.2) is 17.5 Å². The van der Waals surface area contributed by atoms with E-state index in [1.165, 1.54) is 6.07 Å². The van der Waals surface area contributed by atoms with Gasteiger partial charge in [0.2, 0.25) is 0 Å². The molecule has 0 heterocycles. The summed E-state index contributed by atoms with van der Waals surface area (Å²) in [5, 5.41) is 0.305. The van der Waals surface area contributed by atoms with Gasteiger partial charge in [0.1, 0.15) is 0 Å². The predicted molar refractivity (Wildman–Crippen MR) is 65.8 cm³/mol. The highest BCUT2D eigenvalue weighted by molar-refractivity contribution is 5.92. The lowest BCUT2D eigenvalue weighted by Crippen LogP contribution is -2.01. The van der Waals surface area contributed by atoms with Crippen molar-refractivity contribution in [2.75, 3.05) is 0 Å². The Hall–Kier alpha value is -1.95. The molecule has 0 aromatic heterocycles. The lowest BCUT2D eigenvalue weighted by atomic mass is 9.92. The minimum absolute atomic E-state index is 0.0213. The van der Waals surface area contributed by atoms with Crippen LogP contribution in [-0.2, 0) is 0 Å². The van der Waals surface area contributed by atoms with Gasteiger partial charge >= 0.3 is 0 Å². The van der Waals surface area contributed by atoms with E-state index in [-0.39, 0.29) is 22.3 Å². The van der Waals surface area contributed by atoms with E-state index in [1.807, 2.05) is 13.8 Å². The van der Waals surface area contributed by atoms with Crippen molar-refractivity contribution in [3.8, 4) is 12.3 Å². The van der Waals surface area contributed by atoms with Crippen LogP contribution in [-0.4, -0.2) is 0 Å². The average Bonchev–Trinajstić information content (AvgIpc) is 2.36. The normalized spacial score (nSPS) is 10.9. The van der Waals surface area contributed by atoms with Crippen molar-refractivity contribution < 1.29 is 13.2 Å². The largest absolute Gasteiger partial charge is 0.203 e. The third-order valence-corrected chi connectivity index (χ3v) is 2.95. The summed E-state index contributed by atoms with van der Waals surface area (Å²) in [6.45, 7) is 3.77. The first kappa shape index (κ1) is 12.5. The Labute approximate surface area is 103 Å². The molecule has 3 heteroatoms. The lowest BCUT2D eigenvalue weighted by molar-refractivity contribution is 0.452. The third kappa shape index (κ3) is 1.65. The highest BCUT2D eigenvalue weighted by Crippen LogP contribution is 2.33. The van der Waals surface area contributed by atoms with Crippen LogP contribution in [0.5, 0.6) is 0 Å². The van der Waals surface area contributed by atoms with Gasteiger partial charge in [0, 0.05) is 10.8 Å². The summed E-state index contributed by atoms with van der Waals surface area (Å²) in [5.74, 6) is -1.85. The molecule has 2 aromatic rings. The highest BCUT2D eigenvalue weighted by Gasteiger charge is 2.21. The monoisotopic (exact) mass is 248 g/mol. The first-order chi connectivity index (χ1) is 8.49. The molecule has 0 unspecified atom stereocenters. The number of rotatable bonds is 1. The van der Waals surface area contributed by atoms with Crippen LogP contribution in [0.2, 0.25) is 0 Å². The second-order valence-corrected chi connectivity index (χ2v) is 4.39. The van der Waals surface area contributed by atoms with Crippen LogP contribution < -0.4 is 0 Å². The van der Waals surface area contributed by atoms with Crippen LogP contribution in [0, 0.1) is 29.8 Å². The molecule has 0 aliphatic heterocycles. The summed E-state index contributed by atoms with van der Waals surface area (Å²) < 4.78 is 40.8. The van der Waals surface area contributed by atoms with Crippen LogP contribution in [0.1, 0.15) is 30.9 Å². The van der Waals surface area contributed by atoms with E-state index in [1.54, 1.807) is 12.1 Å². The zero-order chi connectivity index (χ0) is 13.4. The van der Waals surface area contributed by atoms with Crippen molar-refractivity contribution >= 4 is 10.8 Å². The molecular formula is C15H11F3. The third-order valence-electron chi connectivity index (χ3n) is 2.95. The van der Waals surface area contributed by atoms with E-state index in [4.69, 9.17) is 6.42 Å². The van der Waals surface area contributed by atoms with E-state index < -0.39 is 17.5 Å². The summed E-state index contributed by atoms with van der Waals surface area (Å²) in [5.41, 5.74) is 0.492. The Balaban J connectivity index is 3.08. The maximum Gasteiger partial charge on any atom is 0.196 e. The Morgan fingerprint density at radius 3 is 2.28 bits per heavy atom. The molecule has 0 fully saturated rings. The second-order valence-electron chi connectivity index (χ2n) is 4.39. The zero-order valence-corrected chi connectivity index (χ0v) is 10.0. The van der Waals surface area contributed by atoms with E-state index in [0.29, 0.717) is 5.56 Å². The number of halogens is 3. The highest BCUT2D eigenvalue weighted by atomic mass is 19.2. The van der Waals surface area contributed by atoms with Crippen LogP contribution >= 0.6 is 0 Å². The summed E-state index contributed by atoms with van der Waals surface area (Å²) in [6, 6.07) is 4.75. The molecule has 0 atom stereocenters. The Bertz CT molecular complexity index is 664. The number of benzene rings is 2. The molecule has 0 radical (unpaired) electrons. The van der Waals surface area contributed by atoms with Crippen molar-refractivity contribution in [3.05, 3.63) is 46.8 Å². The lowest BCUT2D eigenvalue weighted by Gasteiger charge is -2.13. The summed E-state index contributed by atoms with van der Waals surface area (Å²) in [7, 11) is 0. The van der Waals surface area contributed by atoms with Gasteiger partial charge in [-0.3, -0.25) is 0 Å². The first-order valence-electron chi connectivity index (χ1n) is 5.54. The molecule has 18 heavy (non-hydrogen) atoms. The number of fused-ring (bicyclic) bond motifs is 1. The van der Waals surface area contributed by atoms with Crippen molar-refractivity contribution in [2.45, 2.75) is 19.8 Å². The molecule has 0 N–H and O–H groups in total. The van der Waals surface area contributed by atoms with E-state index in [0.717, 1.165) is 0 Å². The maximum absolute atomic E-state index is 13.7. The number of hydrogen-bond donors (Lipinski definition) is 0. The number of hydrogen-bond acceptors (Lipinski definition) is 0. The predicted octanol–water partition coefficient (Wildman–Crippen LogP) is 4.36. The Kier molecular flexibility index (Phi) is 3.04. The fraction of sp³-hybridized carbons (Fsp3) is 0.200. The van der Waals surface area contributed by atoms with Crippen LogP contribution in [0.3, 0.4) is 0 Å². The van der Waals surface area contributed by atoms with E-state index >= 15 is 0 Å². The first-order valence-corrected chi connectivity index (χ1v) is 5.54. The molecule has 0 saturated heterocycles. The zero-order valence-electron chi connectivity index (χ0n) is 10.0. The molecule has 2 rings (SSSR count). The minimum Gasteiger partial charge on any atom is -0.203 e. The van der Waals surface area contributed by atoms with E-state index in [9.17, 15) is 13.2 Å². The van der Waals surface area contributed by atoms with Crippen molar-refractivity contribution in [1.29, 1.82) is 0 Å². The number of terminal acetylenes is 1. The smallest absolute Gasteiger partial charge is 0.196 e. The van der Waals surface area contributed by atoms with Gasteiger partial charge < -0.3 is 0 Å². The van der Waals surface area contributed by atoms with Gasteiger partial charge in [0.05, 0.1) is 5.56 Å². The summed E-state index contributed by atoms with van der Waals surface area (Å²) in [6.07, 6.45) is 5.23. The second kappa shape index (κ2) is 4.38. The topological polar surface area (TPSA) is 0 Å². The Morgan fingerprint density at radius 2 is 1.72 bits per heavy atom. The van der Waals surface area contributed by atoms with Gasteiger partial charge in [-0.25, -0.2) is 13.2 Å². The fourth-order valence-electron chi connectivity index (χ4n) is 2.08. The quantitative estimate of drug-likeness (QED) is 0.519. The van der Waals surface area contributed by atoms with Gasteiger partial charge in [-0.05, 0) is 11.5 Å². The van der Waals surface area contributed by atoms with Crippen molar-refractivity contribution in [2.24, 2.45) is 0 Å². The van der Waals surface area contributed by atoms with Gasteiger partial charge in [-0.2, -0.15) is 0 Å².